The van der Waals surface area contributed by atoms with Crippen molar-refractivity contribution in [2.45, 2.75) is 33.6 Å². The Morgan fingerprint density at radius 2 is 1.90 bits per heavy atom. The third-order valence-corrected chi connectivity index (χ3v) is 1.19. The van der Waals surface area contributed by atoms with Crippen LogP contribution in [-0.4, -0.2) is 11.6 Å². The normalized spacial score (nSPS) is 8.70. The maximum atomic E-state index is 10.4. The summed E-state index contributed by atoms with van der Waals surface area (Å²) in [6.45, 7) is 5.49. The van der Waals surface area contributed by atoms with Gasteiger partial charge < -0.3 is 0 Å². The summed E-state index contributed by atoms with van der Waals surface area (Å²) in [6, 6.07) is 0. The van der Waals surface area contributed by atoms with Crippen LogP contribution < -0.4 is 5.43 Å². The Morgan fingerprint density at radius 3 is 2.20 bits per heavy atom. The molecule has 0 aromatic carbocycles. The number of rotatable bonds is 3. The molecule has 0 radical (unpaired) electrons. The van der Waals surface area contributed by atoms with Gasteiger partial charge in [0.05, 0.1) is 0 Å². The van der Waals surface area contributed by atoms with Gasteiger partial charge in [0.1, 0.15) is 0 Å². The third kappa shape index (κ3) is 4.06. The first kappa shape index (κ1) is 9.14. The molecule has 0 bridgehead atoms. The van der Waals surface area contributed by atoms with Crippen LogP contribution in [0.3, 0.4) is 0 Å². The highest BCUT2D eigenvalue weighted by Gasteiger charge is 1.91. The van der Waals surface area contributed by atoms with Gasteiger partial charge in [0, 0.05) is 12.6 Å². The van der Waals surface area contributed by atoms with Gasteiger partial charge in [0.2, 0.25) is 5.91 Å². The van der Waals surface area contributed by atoms with E-state index in [9.17, 15) is 4.79 Å². The second kappa shape index (κ2) is 4.97. The molecule has 0 aromatic rings. The molecule has 0 saturated heterocycles. The van der Waals surface area contributed by atoms with Crippen LogP contribution in [0.15, 0.2) is 5.10 Å². The Morgan fingerprint density at radius 1 is 1.40 bits per heavy atom. The fourth-order valence-electron chi connectivity index (χ4n) is 0.566. The van der Waals surface area contributed by atoms with Crippen LogP contribution in [-0.2, 0) is 4.79 Å². The number of hydrogen-bond donors (Lipinski definition) is 1. The van der Waals surface area contributed by atoms with E-state index in [4.69, 9.17) is 0 Å². The summed E-state index contributed by atoms with van der Waals surface area (Å²) in [7, 11) is 0. The first-order valence-electron chi connectivity index (χ1n) is 3.52. The van der Waals surface area contributed by atoms with Gasteiger partial charge >= 0.3 is 0 Å². The van der Waals surface area contributed by atoms with Crippen molar-refractivity contribution >= 4 is 11.6 Å². The molecule has 0 spiro atoms. The second-order valence-corrected chi connectivity index (χ2v) is 2.05. The maximum absolute atomic E-state index is 10.4. The van der Waals surface area contributed by atoms with E-state index in [0.717, 1.165) is 18.6 Å². The predicted octanol–water partition coefficient (Wildman–Crippen LogP) is 1.30. The summed E-state index contributed by atoms with van der Waals surface area (Å²) in [5.41, 5.74) is 3.42. The van der Waals surface area contributed by atoms with Crippen LogP contribution in [0.5, 0.6) is 0 Å². The maximum Gasteiger partial charge on any atom is 0.236 e. The largest absolute Gasteiger partial charge is 0.274 e. The molecule has 0 aliphatic carbocycles. The molecule has 0 aromatic heterocycles. The van der Waals surface area contributed by atoms with E-state index >= 15 is 0 Å². The highest BCUT2D eigenvalue weighted by atomic mass is 16.2. The van der Waals surface area contributed by atoms with Crippen LogP contribution in [0.2, 0.25) is 0 Å². The van der Waals surface area contributed by atoms with E-state index in [2.05, 4.69) is 10.5 Å². The standard InChI is InChI=1S/C7H14N2O/c1-4-7(5-2)9-8-6(3)10/h4-5H2,1-3H3,(H,8,10). The van der Waals surface area contributed by atoms with Gasteiger partial charge in [-0.25, -0.2) is 5.43 Å². The predicted molar refractivity (Wildman–Crippen MR) is 41.8 cm³/mol. The van der Waals surface area contributed by atoms with E-state index in [1.807, 2.05) is 13.8 Å². The van der Waals surface area contributed by atoms with E-state index in [1.165, 1.54) is 6.92 Å². The van der Waals surface area contributed by atoms with Crippen molar-refractivity contribution in [1.82, 2.24) is 5.43 Å². The summed E-state index contributed by atoms with van der Waals surface area (Å²) in [6.07, 6.45) is 1.80. The number of hydrogen-bond acceptors (Lipinski definition) is 2. The van der Waals surface area contributed by atoms with Crippen molar-refractivity contribution in [3.05, 3.63) is 0 Å². The minimum Gasteiger partial charge on any atom is -0.274 e. The van der Waals surface area contributed by atoms with Crippen LogP contribution >= 0.6 is 0 Å². The van der Waals surface area contributed by atoms with Gasteiger partial charge in [-0.15, -0.1) is 0 Å². The molecule has 1 N–H and O–H groups in total. The number of hydrazone groups is 1. The van der Waals surface area contributed by atoms with Crippen LogP contribution in [0, 0.1) is 0 Å². The summed E-state index contributed by atoms with van der Waals surface area (Å²) < 4.78 is 0. The lowest BCUT2D eigenvalue weighted by Crippen LogP contribution is -2.15. The average Bonchev–Trinajstić information content (AvgIpc) is 1.90. The summed E-state index contributed by atoms with van der Waals surface area (Å²) in [4.78, 5) is 10.4. The van der Waals surface area contributed by atoms with Crippen molar-refractivity contribution in [2.75, 3.05) is 0 Å². The van der Waals surface area contributed by atoms with E-state index in [-0.39, 0.29) is 5.91 Å². The average molecular weight is 142 g/mol. The van der Waals surface area contributed by atoms with Crippen molar-refractivity contribution < 1.29 is 4.79 Å². The number of nitrogens with zero attached hydrogens (tertiary/aromatic N) is 1. The molecule has 0 saturated carbocycles. The molecular weight excluding hydrogens is 128 g/mol. The minimum atomic E-state index is -0.112. The van der Waals surface area contributed by atoms with E-state index < -0.39 is 0 Å². The quantitative estimate of drug-likeness (QED) is 0.468. The molecule has 1 amide bonds. The third-order valence-electron chi connectivity index (χ3n) is 1.19. The number of carbonyl (C=O) groups is 1. The zero-order valence-corrected chi connectivity index (χ0v) is 6.77. The first-order chi connectivity index (χ1) is 4.70. The Hall–Kier alpha value is -0.860. The molecule has 58 valence electrons. The van der Waals surface area contributed by atoms with Crippen molar-refractivity contribution in [2.24, 2.45) is 5.10 Å². The Balaban J connectivity index is 3.74. The first-order valence-corrected chi connectivity index (χ1v) is 3.52. The van der Waals surface area contributed by atoms with Gasteiger partial charge in [0.15, 0.2) is 0 Å². The number of nitrogens with one attached hydrogen (secondary N) is 1. The molecule has 0 unspecified atom stereocenters. The topological polar surface area (TPSA) is 41.5 Å². The minimum absolute atomic E-state index is 0.112. The fourth-order valence-corrected chi connectivity index (χ4v) is 0.566. The van der Waals surface area contributed by atoms with Gasteiger partial charge in [-0.2, -0.15) is 5.10 Å². The summed E-state index contributed by atoms with van der Waals surface area (Å²) in [5, 5.41) is 3.88. The van der Waals surface area contributed by atoms with Crippen LogP contribution in [0.25, 0.3) is 0 Å². The molecule has 0 aliphatic rings. The molecule has 0 rings (SSSR count). The second-order valence-electron chi connectivity index (χ2n) is 2.05. The van der Waals surface area contributed by atoms with Gasteiger partial charge in [-0.1, -0.05) is 13.8 Å². The smallest absolute Gasteiger partial charge is 0.236 e. The van der Waals surface area contributed by atoms with E-state index in [1.54, 1.807) is 0 Å². The lowest BCUT2D eigenvalue weighted by atomic mass is 10.2. The Bertz CT molecular complexity index is 135. The summed E-state index contributed by atoms with van der Waals surface area (Å²) >= 11 is 0. The summed E-state index contributed by atoms with van der Waals surface area (Å²) in [5.74, 6) is -0.112. The Kier molecular flexibility index (Phi) is 4.54. The number of amides is 1. The van der Waals surface area contributed by atoms with Crippen molar-refractivity contribution in [3.63, 3.8) is 0 Å². The molecule has 3 nitrogen and oxygen atoms in total. The van der Waals surface area contributed by atoms with Gasteiger partial charge in [0.25, 0.3) is 0 Å². The molecule has 0 heterocycles. The monoisotopic (exact) mass is 142 g/mol. The molecule has 0 atom stereocenters. The van der Waals surface area contributed by atoms with Gasteiger partial charge in [-0.3, -0.25) is 4.79 Å². The Labute approximate surface area is 61.5 Å². The molecule has 0 aliphatic heterocycles. The lowest BCUT2D eigenvalue weighted by Gasteiger charge is -1.97. The highest BCUT2D eigenvalue weighted by molar-refractivity contribution is 5.85. The highest BCUT2D eigenvalue weighted by Crippen LogP contribution is 1.88. The number of carbonyl (C=O) groups excluding carboxylic acids is 1. The molecule has 10 heavy (non-hydrogen) atoms. The fraction of sp³-hybridized carbons (Fsp3) is 0.714. The van der Waals surface area contributed by atoms with Crippen LogP contribution in [0.4, 0.5) is 0 Å². The van der Waals surface area contributed by atoms with Crippen LogP contribution in [0.1, 0.15) is 33.6 Å². The SMILES string of the molecule is CCC(CC)=NNC(C)=O. The zero-order chi connectivity index (χ0) is 7.98. The lowest BCUT2D eigenvalue weighted by molar-refractivity contribution is -0.118. The van der Waals surface area contributed by atoms with Gasteiger partial charge in [-0.05, 0) is 12.8 Å². The molecular formula is C7H14N2O. The molecule has 3 heteroatoms. The van der Waals surface area contributed by atoms with Crippen molar-refractivity contribution in [1.29, 1.82) is 0 Å². The van der Waals surface area contributed by atoms with E-state index in [0.29, 0.717) is 0 Å². The van der Waals surface area contributed by atoms with Crippen molar-refractivity contribution in [3.8, 4) is 0 Å². The molecule has 0 fully saturated rings. The zero-order valence-electron chi connectivity index (χ0n) is 6.77.